The summed E-state index contributed by atoms with van der Waals surface area (Å²) >= 11 is 0. The minimum Gasteiger partial charge on any atom is -0.480 e. The zero-order chi connectivity index (χ0) is 13.4. The predicted octanol–water partition coefficient (Wildman–Crippen LogP) is 1.42. The highest BCUT2D eigenvalue weighted by molar-refractivity contribution is 5.83. The van der Waals surface area contributed by atoms with Gasteiger partial charge in [-0.15, -0.1) is 0 Å². The summed E-state index contributed by atoms with van der Waals surface area (Å²) < 4.78 is 5.23. The lowest BCUT2D eigenvalue weighted by Gasteiger charge is -2.16. The van der Waals surface area contributed by atoms with Gasteiger partial charge in [-0.05, 0) is 26.2 Å². The number of carboxylic acid groups (broad SMARTS) is 1. The van der Waals surface area contributed by atoms with Crippen molar-refractivity contribution >= 4 is 11.9 Å². The molecule has 0 fully saturated rings. The third-order valence-electron chi connectivity index (χ3n) is 2.12. The van der Waals surface area contributed by atoms with Crippen LogP contribution in [0.3, 0.4) is 0 Å². The van der Waals surface area contributed by atoms with E-state index in [0.717, 1.165) is 0 Å². The summed E-state index contributed by atoms with van der Waals surface area (Å²) in [5, 5.41) is 11.4. The fourth-order valence-corrected chi connectivity index (χ4v) is 1.35. The van der Waals surface area contributed by atoms with Crippen LogP contribution in [0.5, 0.6) is 0 Å². The van der Waals surface area contributed by atoms with Crippen LogP contribution in [0.15, 0.2) is 0 Å². The normalized spacial score (nSPS) is 12.8. The van der Waals surface area contributed by atoms with E-state index in [-0.39, 0.29) is 24.3 Å². The zero-order valence-corrected chi connectivity index (χ0v) is 11.0. The van der Waals surface area contributed by atoms with Crippen LogP contribution in [0.4, 0.5) is 0 Å². The highest BCUT2D eigenvalue weighted by Gasteiger charge is 2.20. The Morgan fingerprint density at radius 1 is 1.24 bits per heavy atom. The van der Waals surface area contributed by atoms with Crippen molar-refractivity contribution in [2.24, 2.45) is 5.92 Å². The van der Waals surface area contributed by atoms with Gasteiger partial charge in [0.2, 0.25) is 5.91 Å². The van der Waals surface area contributed by atoms with E-state index >= 15 is 0 Å². The van der Waals surface area contributed by atoms with Crippen molar-refractivity contribution in [3.8, 4) is 0 Å². The molecule has 5 heteroatoms. The summed E-state index contributed by atoms with van der Waals surface area (Å²) in [6.45, 7) is 7.93. The SMILES string of the molecule is CC(C)C[C@H](NC(=O)CCOC(C)C)C(=O)O. The first kappa shape index (κ1) is 15.9. The molecule has 0 bridgehead atoms. The summed E-state index contributed by atoms with van der Waals surface area (Å²) in [5.74, 6) is -1.04. The van der Waals surface area contributed by atoms with Gasteiger partial charge in [0.15, 0.2) is 0 Å². The van der Waals surface area contributed by atoms with Crippen LogP contribution in [0.1, 0.15) is 40.5 Å². The third kappa shape index (κ3) is 8.68. The van der Waals surface area contributed by atoms with E-state index in [9.17, 15) is 9.59 Å². The van der Waals surface area contributed by atoms with E-state index in [2.05, 4.69) is 5.32 Å². The number of amides is 1. The Kier molecular flexibility index (Phi) is 7.54. The summed E-state index contributed by atoms with van der Waals surface area (Å²) in [4.78, 5) is 22.4. The van der Waals surface area contributed by atoms with Crippen LogP contribution >= 0.6 is 0 Å². The molecule has 0 unspecified atom stereocenters. The summed E-state index contributed by atoms with van der Waals surface area (Å²) in [6.07, 6.45) is 0.709. The number of carboxylic acids is 1. The van der Waals surface area contributed by atoms with E-state index in [1.165, 1.54) is 0 Å². The molecular formula is C12H23NO4. The van der Waals surface area contributed by atoms with E-state index in [1.54, 1.807) is 0 Å². The molecule has 0 rings (SSSR count). The molecule has 0 heterocycles. The molecule has 0 aromatic heterocycles. The molecule has 0 aliphatic rings. The highest BCUT2D eigenvalue weighted by atomic mass is 16.5. The summed E-state index contributed by atoms with van der Waals surface area (Å²) in [5.41, 5.74) is 0. The minimum atomic E-state index is -0.989. The second-order valence-electron chi connectivity index (χ2n) is 4.76. The molecule has 0 radical (unpaired) electrons. The minimum absolute atomic E-state index is 0.0775. The largest absolute Gasteiger partial charge is 0.480 e. The molecule has 0 spiro atoms. The van der Waals surface area contributed by atoms with Gasteiger partial charge in [0.25, 0.3) is 0 Å². The molecule has 1 amide bonds. The molecule has 0 saturated heterocycles. The van der Waals surface area contributed by atoms with Gasteiger partial charge in [0.1, 0.15) is 6.04 Å². The molecule has 0 saturated carbocycles. The molecule has 1 atom stereocenters. The molecular weight excluding hydrogens is 222 g/mol. The number of hydrogen-bond acceptors (Lipinski definition) is 3. The van der Waals surface area contributed by atoms with Gasteiger partial charge in [-0.25, -0.2) is 4.79 Å². The molecule has 0 aliphatic heterocycles. The van der Waals surface area contributed by atoms with Gasteiger partial charge < -0.3 is 15.2 Å². The molecule has 0 aliphatic carbocycles. The Bertz CT molecular complexity index is 251. The first-order valence-electron chi connectivity index (χ1n) is 5.96. The standard InChI is InChI=1S/C12H23NO4/c1-8(2)7-10(12(15)16)13-11(14)5-6-17-9(3)4/h8-10H,5-7H2,1-4H3,(H,13,14)(H,15,16)/t10-/m0/s1. The van der Waals surface area contributed by atoms with Crippen molar-refractivity contribution in [3.05, 3.63) is 0 Å². The van der Waals surface area contributed by atoms with Crippen LogP contribution in [0, 0.1) is 5.92 Å². The molecule has 0 aromatic carbocycles. The lowest BCUT2D eigenvalue weighted by Crippen LogP contribution is -2.42. The lowest BCUT2D eigenvalue weighted by atomic mass is 10.0. The second kappa shape index (κ2) is 8.06. The van der Waals surface area contributed by atoms with Crippen molar-refractivity contribution in [2.45, 2.75) is 52.7 Å². The van der Waals surface area contributed by atoms with Crippen LogP contribution in [0.25, 0.3) is 0 Å². The monoisotopic (exact) mass is 245 g/mol. The Balaban J connectivity index is 4.00. The topological polar surface area (TPSA) is 75.6 Å². The van der Waals surface area contributed by atoms with Crippen LogP contribution in [0.2, 0.25) is 0 Å². The molecule has 100 valence electrons. The van der Waals surface area contributed by atoms with Crippen LogP contribution < -0.4 is 5.32 Å². The fourth-order valence-electron chi connectivity index (χ4n) is 1.35. The predicted molar refractivity (Wildman–Crippen MR) is 64.7 cm³/mol. The zero-order valence-electron chi connectivity index (χ0n) is 11.0. The number of ether oxygens (including phenoxy) is 1. The maximum Gasteiger partial charge on any atom is 0.326 e. The maximum atomic E-state index is 11.5. The Morgan fingerprint density at radius 2 is 1.82 bits per heavy atom. The number of rotatable bonds is 8. The molecule has 2 N–H and O–H groups in total. The van der Waals surface area contributed by atoms with Crippen molar-refractivity contribution in [3.63, 3.8) is 0 Å². The highest BCUT2D eigenvalue weighted by Crippen LogP contribution is 2.05. The number of carbonyl (C=O) groups is 2. The van der Waals surface area contributed by atoms with Gasteiger partial charge in [-0.3, -0.25) is 4.79 Å². The van der Waals surface area contributed by atoms with E-state index in [1.807, 2.05) is 27.7 Å². The first-order chi connectivity index (χ1) is 7.82. The van der Waals surface area contributed by atoms with Gasteiger partial charge in [0.05, 0.1) is 12.7 Å². The molecule has 5 nitrogen and oxygen atoms in total. The quantitative estimate of drug-likeness (QED) is 0.678. The second-order valence-corrected chi connectivity index (χ2v) is 4.76. The lowest BCUT2D eigenvalue weighted by molar-refractivity contribution is -0.142. The van der Waals surface area contributed by atoms with E-state index in [0.29, 0.717) is 13.0 Å². The van der Waals surface area contributed by atoms with Crippen molar-refractivity contribution in [1.29, 1.82) is 0 Å². The van der Waals surface area contributed by atoms with E-state index in [4.69, 9.17) is 9.84 Å². The Labute approximate surface area is 103 Å². The van der Waals surface area contributed by atoms with Crippen LogP contribution in [-0.2, 0) is 14.3 Å². The fraction of sp³-hybridized carbons (Fsp3) is 0.833. The number of aliphatic carboxylic acids is 1. The number of hydrogen-bond donors (Lipinski definition) is 2. The first-order valence-corrected chi connectivity index (χ1v) is 5.96. The van der Waals surface area contributed by atoms with Gasteiger partial charge >= 0.3 is 5.97 Å². The Morgan fingerprint density at radius 3 is 2.24 bits per heavy atom. The molecule has 0 aromatic rings. The van der Waals surface area contributed by atoms with Gasteiger partial charge in [-0.1, -0.05) is 13.8 Å². The average Bonchev–Trinajstić information content (AvgIpc) is 2.15. The third-order valence-corrected chi connectivity index (χ3v) is 2.12. The van der Waals surface area contributed by atoms with Crippen molar-refractivity contribution in [1.82, 2.24) is 5.32 Å². The number of carbonyl (C=O) groups excluding carboxylic acids is 1. The average molecular weight is 245 g/mol. The van der Waals surface area contributed by atoms with Gasteiger partial charge in [-0.2, -0.15) is 0 Å². The number of nitrogens with one attached hydrogen (secondary N) is 1. The maximum absolute atomic E-state index is 11.5. The smallest absolute Gasteiger partial charge is 0.326 e. The summed E-state index contributed by atoms with van der Waals surface area (Å²) in [6, 6.07) is -0.804. The van der Waals surface area contributed by atoms with E-state index < -0.39 is 12.0 Å². The molecule has 17 heavy (non-hydrogen) atoms. The van der Waals surface area contributed by atoms with Gasteiger partial charge in [0, 0.05) is 6.42 Å². The Hall–Kier alpha value is -1.10. The van der Waals surface area contributed by atoms with Crippen molar-refractivity contribution in [2.75, 3.05) is 6.61 Å². The van der Waals surface area contributed by atoms with Crippen molar-refractivity contribution < 1.29 is 19.4 Å². The van der Waals surface area contributed by atoms with Crippen LogP contribution in [-0.4, -0.2) is 35.7 Å². The summed E-state index contributed by atoms with van der Waals surface area (Å²) in [7, 11) is 0.